The average Bonchev–Trinajstić information content (AvgIpc) is 2.57. The quantitative estimate of drug-likeness (QED) is 0.121. The summed E-state index contributed by atoms with van der Waals surface area (Å²) in [5, 5.41) is 0. The molecule has 0 heterocycles. The number of rotatable bonds is 14. The Balaban J connectivity index is 3.83. The number of carbonyl (C=O) groups excluding carboxylic acids is 2. The Morgan fingerprint density at radius 1 is 0.833 bits per heavy atom. The monoisotopic (exact) mass is 566 g/mol. The molecule has 0 aliphatic carbocycles. The van der Waals surface area contributed by atoms with Gasteiger partial charge in [-0.05, 0) is 38.0 Å². The SMILES string of the molecule is CCCC(I)C(=O)OCCCCC(CC)COC(=O)C(I)CCC. The number of esters is 2. The topological polar surface area (TPSA) is 52.6 Å². The van der Waals surface area contributed by atoms with Crippen molar-refractivity contribution in [2.45, 2.75) is 80.0 Å². The lowest BCUT2D eigenvalue weighted by molar-refractivity contribution is -0.145. The van der Waals surface area contributed by atoms with Crippen LogP contribution >= 0.6 is 45.2 Å². The van der Waals surface area contributed by atoms with Crippen LogP contribution in [0.15, 0.2) is 0 Å². The van der Waals surface area contributed by atoms with Crippen LogP contribution in [0.3, 0.4) is 0 Å². The lowest BCUT2D eigenvalue weighted by Crippen LogP contribution is -2.21. The Morgan fingerprint density at radius 3 is 1.88 bits per heavy atom. The number of halogens is 2. The van der Waals surface area contributed by atoms with E-state index in [0.717, 1.165) is 51.4 Å². The van der Waals surface area contributed by atoms with Crippen molar-refractivity contribution >= 4 is 57.1 Å². The third kappa shape index (κ3) is 11.9. The lowest BCUT2D eigenvalue weighted by atomic mass is 10.0. The minimum atomic E-state index is -0.0950. The fourth-order valence-electron chi connectivity index (χ4n) is 2.24. The molecular weight excluding hydrogens is 534 g/mol. The summed E-state index contributed by atoms with van der Waals surface area (Å²) >= 11 is 4.31. The van der Waals surface area contributed by atoms with Crippen LogP contribution < -0.4 is 0 Å². The second-order valence-corrected chi connectivity index (χ2v) is 9.09. The highest BCUT2D eigenvalue weighted by Gasteiger charge is 2.17. The third-order valence-electron chi connectivity index (χ3n) is 3.89. The summed E-state index contributed by atoms with van der Waals surface area (Å²) < 4.78 is 10.7. The van der Waals surface area contributed by atoms with Crippen molar-refractivity contribution in [2.24, 2.45) is 5.92 Å². The molecule has 0 amide bonds. The molecule has 0 aliphatic heterocycles. The van der Waals surface area contributed by atoms with Crippen LogP contribution in [0.25, 0.3) is 0 Å². The highest BCUT2D eigenvalue weighted by Crippen LogP contribution is 2.16. The van der Waals surface area contributed by atoms with Gasteiger partial charge < -0.3 is 9.47 Å². The first kappa shape index (κ1) is 24.4. The van der Waals surface area contributed by atoms with Crippen LogP contribution in [-0.2, 0) is 19.1 Å². The second-order valence-electron chi connectivity index (χ2n) is 6.08. The van der Waals surface area contributed by atoms with E-state index in [-0.39, 0.29) is 19.8 Å². The standard InChI is InChI=1S/C18H32I2O4/c1-4-9-15(19)17(21)23-12-8-7-11-14(6-3)13-24-18(22)16(20)10-5-2/h14-16H,4-13H2,1-3H3. The fourth-order valence-corrected chi connectivity index (χ4v) is 3.84. The van der Waals surface area contributed by atoms with E-state index in [2.05, 4.69) is 66.0 Å². The molecule has 0 aromatic rings. The average molecular weight is 566 g/mol. The van der Waals surface area contributed by atoms with E-state index in [0.29, 0.717) is 19.1 Å². The van der Waals surface area contributed by atoms with E-state index in [1.54, 1.807) is 0 Å². The summed E-state index contributed by atoms with van der Waals surface area (Å²) in [6.45, 7) is 7.26. The molecule has 4 nitrogen and oxygen atoms in total. The van der Waals surface area contributed by atoms with Gasteiger partial charge >= 0.3 is 11.9 Å². The van der Waals surface area contributed by atoms with Crippen LogP contribution in [0.1, 0.15) is 72.1 Å². The normalized spacial score (nSPS) is 14.7. The molecule has 0 radical (unpaired) electrons. The molecule has 142 valence electrons. The van der Waals surface area contributed by atoms with Gasteiger partial charge in [0.25, 0.3) is 0 Å². The van der Waals surface area contributed by atoms with E-state index in [9.17, 15) is 9.59 Å². The molecule has 6 heteroatoms. The molecule has 0 fully saturated rings. The Hall–Kier alpha value is 0.400. The summed E-state index contributed by atoms with van der Waals surface area (Å²) in [4.78, 5) is 23.5. The second kappa shape index (κ2) is 15.6. The van der Waals surface area contributed by atoms with Gasteiger partial charge in [0.2, 0.25) is 0 Å². The lowest BCUT2D eigenvalue weighted by Gasteiger charge is -2.16. The first-order chi connectivity index (χ1) is 11.5. The van der Waals surface area contributed by atoms with Gasteiger partial charge in [-0.25, -0.2) is 0 Å². The summed E-state index contributed by atoms with van der Waals surface area (Å²) in [6, 6.07) is 0. The third-order valence-corrected chi connectivity index (χ3v) is 6.15. The van der Waals surface area contributed by atoms with Crippen LogP contribution in [0.5, 0.6) is 0 Å². The van der Waals surface area contributed by atoms with Gasteiger partial charge in [-0.1, -0.05) is 85.2 Å². The zero-order valence-electron chi connectivity index (χ0n) is 15.2. The van der Waals surface area contributed by atoms with E-state index in [1.165, 1.54) is 0 Å². The predicted octanol–water partition coefficient (Wildman–Crippen LogP) is 5.48. The van der Waals surface area contributed by atoms with Gasteiger partial charge in [-0.15, -0.1) is 0 Å². The van der Waals surface area contributed by atoms with Crippen molar-refractivity contribution in [3.63, 3.8) is 0 Å². The van der Waals surface area contributed by atoms with Crippen LogP contribution in [-0.4, -0.2) is 33.0 Å². The Morgan fingerprint density at radius 2 is 1.38 bits per heavy atom. The van der Waals surface area contributed by atoms with E-state index in [4.69, 9.17) is 9.47 Å². The molecule has 0 saturated carbocycles. The van der Waals surface area contributed by atoms with E-state index < -0.39 is 0 Å². The molecule has 0 spiro atoms. The fraction of sp³-hybridized carbons (Fsp3) is 0.889. The Labute approximate surface area is 174 Å². The number of hydrogen-bond acceptors (Lipinski definition) is 4. The van der Waals surface area contributed by atoms with Gasteiger partial charge in [-0.2, -0.15) is 0 Å². The molecular formula is C18H32I2O4. The molecule has 0 saturated heterocycles. The first-order valence-corrected chi connectivity index (χ1v) is 11.6. The van der Waals surface area contributed by atoms with Crippen molar-refractivity contribution in [1.29, 1.82) is 0 Å². The number of ether oxygens (including phenoxy) is 2. The van der Waals surface area contributed by atoms with Gasteiger partial charge in [-0.3, -0.25) is 9.59 Å². The molecule has 0 aliphatic rings. The number of alkyl halides is 2. The van der Waals surface area contributed by atoms with Crippen LogP contribution in [0, 0.1) is 5.92 Å². The van der Waals surface area contributed by atoms with Crippen LogP contribution in [0.4, 0.5) is 0 Å². The molecule has 0 rings (SSSR count). The Bertz CT molecular complexity index is 350. The summed E-state index contributed by atoms with van der Waals surface area (Å²) in [5.41, 5.74) is 0. The van der Waals surface area contributed by atoms with Gasteiger partial charge in [0, 0.05) is 0 Å². The summed E-state index contributed by atoms with van der Waals surface area (Å²) in [7, 11) is 0. The molecule has 24 heavy (non-hydrogen) atoms. The molecule has 0 N–H and O–H groups in total. The first-order valence-electron chi connectivity index (χ1n) is 9.07. The minimum Gasteiger partial charge on any atom is -0.465 e. The predicted molar refractivity (Wildman–Crippen MR) is 115 cm³/mol. The maximum atomic E-state index is 11.8. The minimum absolute atomic E-state index is 0.0280. The maximum Gasteiger partial charge on any atom is 0.318 e. The van der Waals surface area contributed by atoms with Gasteiger partial charge in [0.05, 0.1) is 13.2 Å². The highest BCUT2D eigenvalue weighted by molar-refractivity contribution is 14.1. The molecule has 0 aromatic heterocycles. The zero-order chi connectivity index (χ0) is 18.4. The molecule has 3 atom stereocenters. The van der Waals surface area contributed by atoms with Gasteiger partial charge in [0.1, 0.15) is 7.85 Å². The molecule has 0 aromatic carbocycles. The van der Waals surface area contributed by atoms with E-state index in [1.807, 2.05) is 0 Å². The zero-order valence-corrected chi connectivity index (χ0v) is 19.5. The Kier molecular flexibility index (Phi) is 15.9. The number of hydrogen-bond donors (Lipinski definition) is 0. The van der Waals surface area contributed by atoms with Crippen molar-refractivity contribution < 1.29 is 19.1 Å². The van der Waals surface area contributed by atoms with Crippen molar-refractivity contribution in [3.8, 4) is 0 Å². The number of unbranched alkanes of at least 4 members (excludes halogenated alkanes) is 1. The maximum absolute atomic E-state index is 11.8. The smallest absolute Gasteiger partial charge is 0.318 e. The largest absolute Gasteiger partial charge is 0.465 e. The van der Waals surface area contributed by atoms with Crippen molar-refractivity contribution in [3.05, 3.63) is 0 Å². The van der Waals surface area contributed by atoms with Crippen molar-refractivity contribution in [2.75, 3.05) is 13.2 Å². The van der Waals surface area contributed by atoms with Crippen LogP contribution in [0.2, 0.25) is 0 Å². The summed E-state index contributed by atoms with van der Waals surface area (Å²) in [6.07, 6.45) is 7.60. The van der Waals surface area contributed by atoms with Gasteiger partial charge in [0.15, 0.2) is 0 Å². The summed E-state index contributed by atoms with van der Waals surface area (Å²) in [5.74, 6) is 0.212. The highest BCUT2D eigenvalue weighted by atomic mass is 127. The van der Waals surface area contributed by atoms with E-state index >= 15 is 0 Å². The van der Waals surface area contributed by atoms with Crippen molar-refractivity contribution in [1.82, 2.24) is 0 Å². The molecule has 0 bridgehead atoms. The number of carbonyl (C=O) groups is 2. The molecule has 3 unspecified atom stereocenters.